The Labute approximate surface area is 185 Å². The third-order valence-electron chi connectivity index (χ3n) is 4.88. The summed E-state index contributed by atoms with van der Waals surface area (Å²) in [5.74, 6) is -14.5. The van der Waals surface area contributed by atoms with E-state index in [9.17, 15) is 39.9 Å². The van der Waals surface area contributed by atoms with E-state index in [2.05, 4.69) is 4.98 Å². The molecule has 0 saturated heterocycles. The van der Waals surface area contributed by atoms with Crippen molar-refractivity contribution in [3.63, 3.8) is 0 Å². The zero-order chi connectivity index (χ0) is 24.9. The Bertz CT molecular complexity index is 1410. The average Bonchev–Trinajstić information content (AvgIpc) is 3.16. The van der Waals surface area contributed by atoms with Crippen LogP contribution in [0.2, 0.25) is 0 Å². The summed E-state index contributed by atoms with van der Waals surface area (Å²) < 4.78 is 109. The molecule has 0 unspecified atom stereocenters. The van der Waals surface area contributed by atoms with Gasteiger partial charge in [0, 0.05) is 11.4 Å². The van der Waals surface area contributed by atoms with E-state index >= 15 is 0 Å². The Morgan fingerprint density at radius 1 is 0.853 bits per heavy atom. The van der Waals surface area contributed by atoms with Crippen LogP contribution >= 0.6 is 0 Å². The van der Waals surface area contributed by atoms with E-state index in [1.807, 2.05) is 5.32 Å². The smallest absolute Gasteiger partial charge is 0.322 e. The maximum Gasteiger partial charge on any atom is 0.450 e. The number of rotatable bonds is 3. The monoisotopic (exact) mass is 485 g/mol. The third kappa shape index (κ3) is 3.84. The number of nitrogens with one attached hydrogen (secondary N) is 1. The van der Waals surface area contributed by atoms with Crippen LogP contribution in [0.1, 0.15) is 21.7 Å². The van der Waals surface area contributed by atoms with Crippen molar-refractivity contribution in [1.82, 2.24) is 9.55 Å². The van der Waals surface area contributed by atoms with Crippen molar-refractivity contribution in [2.75, 3.05) is 5.32 Å². The number of hydrogen-bond acceptors (Lipinski definition) is 2. The highest BCUT2D eigenvalue weighted by atomic mass is 19.4. The summed E-state index contributed by atoms with van der Waals surface area (Å²) in [6.07, 6.45) is -4.80. The highest BCUT2D eigenvalue weighted by Gasteiger charge is 2.38. The molecule has 0 radical (unpaired) electrons. The minimum Gasteiger partial charge on any atom is -0.322 e. The van der Waals surface area contributed by atoms with Crippen molar-refractivity contribution in [3.8, 4) is 5.69 Å². The number of hydrogen-bond donors (Lipinski definition) is 1. The number of aryl methyl sites for hydroxylation is 1. The number of fused-ring (bicyclic) bond motifs is 1. The van der Waals surface area contributed by atoms with Crippen molar-refractivity contribution < 1.29 is 39.9 Å². The van der Waals surface area contributed by atoms with E-state index in [4.69, 9.17) is 0 Å². The Balaban J connectivity index is 1.71. The molecule has 34 heavy (non-hydrogen) atoms. The summed E-state index contributed by atoms with van der Waals surface area (Å²) in [4.78, 5) is 15.8. The van der Waals surface area contributed by atoms with Crippen LogP contribution in [0.4, 0.5) is 40.8 Å². The van der Waals surface area contributed by atoms with Gasteiger partial charge in [-0.25, -0.2) is 26.9 Å². The number of amides is 1. The van der Waals surface area contributed by atoms with Crippen LogP contribution in [0.3, 0.4) is 0 Å². The van der Waals surface area contributed by atoms with Crippen molar-refractivity contribution >= 4 is 22.6 Å². The topological polar surface area (TPSA) is 46.9 Å². The summed E-state index contributed by atoms with van der Waals surface area (Å²) in [6, 6.07) is 9.03. The minimum absolute atomic E-state index is 0.00657. The minimum atomic E-state index is -4.80. The molecular formula is C22H11F8N3O. The zero-order valence-corrected chi connectivity index (χ0v) is 16.9. The molecule has 0 fully saturated rings. The van der Waals surface area contributed by atoms with Gasteiger partial charge in [0.1, 0.15) is 5.56 Å². The van der Waals surface area contributed by atoms with Crippen molar-refractivity contribution in [2.45, 2.75) is 13.1 Å². The van der Waals surface area contributed by atoms with Gasteiger partial charge in [-0.15, -0.1) is 0 Å². The molecule has 0 aliphatic carbocycles. The van der Waals surface area contributed by atoms with Crippen LogP contribution in [0.25, 0.3) is 16.7 Å². The second-order valence-corrected chi connectivity index (χ2v) is 7.21. The van der Waals surface area contributed by atoms with Gasteiger partial charge in [0.05, 0.1) is 11.0 Å². The number of alkyl halides is 3. The van der Waals surface area contributed by atoms with E-state index in [1.165, 1.54) is 12.1 Å². The maximum atomic E-state index is 13.8. The number of imidazole rings is 1. The van der Waals surface area contributed by atoms with Gasteiger partial charge in [-0.2, -0.15) is 13.2 Å². The molecule has 0 spiro atoms. The van der Waals surface area contributed by atoms with Crippen LogP contribution in [0.15, 0.2) is 42.5 Å². The number of anilines is 1. The molecule has 0 bridgehead atoms. The lowest BCUT2D eigenvalue weighted by Gasteiger charge is -2.13. The van der Waals surface area contributed by atoms with E-state index < -0.39 is 52.6 Å². The quantitative estimate of drug-likeness (QED) is 0.210. The predicted octanol–water partition coefficient (Wildman–Crippen LogP) is 6.30. The van der Waals surface area contributed by atoms with Crippen molar-refractivity contribution in [3.05, 3.63) is 88.5 Å². The second-order valence-electron chi connectivity index (χ2n) is 7.21. The number of nitrogens with zero attached hydrogens (tertiary/aromatic N) is 2. The fourth-order valence-corrected chi connectivity index (χ4v) is 3.33. The van der Waals surface area contributed by atoms with Gasteiger partial charge in [0.15, 0.2) is 23.3 Å². The summed E-state index contributed by atoms with van der Waals surface area (Å²) in [5.41, 5.74) is -0.945. The normalized spacial score (nSPS) is 11.8. The molecule has 1 amide bonds. The fourth-order valence-electron chi connectivity index (χ4n) is 3.33. The molecule has 1 heterocycles. The molecule has 0 aliphatic rings. The van der Waals surface area contributed by atoms with Crippen LogP contribution in [-0.2, 0) is 6.18 Å². The highest BCUT2D eigenvalue weighted by molar-refractivity contribution is 6.04. The van der Waals surface area contributed by atoms with Crippen LogP contribution in [0, 0.1) is 36.0 Å². The molecular weight excluding hydrogens is 474 g/mol. The molecule has 176 valence electrons. The first-order valence-electron chi connectivity index (χ1n) is 9.39. The standard InChI is InChI=1S/C22H11F8N3O/c1-9-2-7-13-12(8-9)32-21(22(28,29)30)33(13)11-5-3-10(4-6-11)31-20(34)14-15(23)17(25)19(27)18(26)16(14)24/h2-8H,1H3,(H,31,34). The van der Waals surface area contributed by atoms with E-state index in [1.54, 1.807) is 13.0 Å². The SMILES string of the molecule is Cc1ccc2c(c1)nc(C(F)(F)F)n2-c1ccc(NC(=O)c2c(F)c(F)c(F)c(F)c2F)cc1. The first kappa shape index (κ1) is 23.2. The second kappa shape index (κ2) is 8.12. The van der Waals surface area contributed by atoms with Gasteiger partial charge in [0.25, 0.3) is 5.91 Å². The molecule has 12 heteroatoms. The van der Waals surface area contributed by atoms with Gasteiger partial charge in [-0.1, -0.05) is 6.07 Å². The van der Waals surface area contributed by atoms with Crippen molar-refractivity contribution in [1.29, 1.82) is 0 Å². The summed E-state index contributed by atoms with van der Waals surface area (Å²) in [7, 11) is 0. The lowest BCUT2D eigenvalue weighted by Crippen LogP contribution is -2.19. The molecule has 4 aromatic rings. The summed E-state index contributed by atoms with van der Waals surface area (Å²) in [6.45, 7) is 1.69. The number of halogens is 8. The van der Waals surface area contributed by atoms with Gasteiger partial charge in [0.2, 0.25) is 11.6 Å². The molecule has 1 aromatic heterocycles. The predicted molar refractivity (Wildman–Crippen MR) is 105 cm³/mol. The molecule has 3 aromatic carbocycles. The largest absolute Gasteiger partial charge is 0.450 e. The summed E-state index contributed by atoms with van der Waals surface area (Å²) in [5, 5.41) is 1.95. The fraction of sp³-hybridized carbons (Fsp3) is 0.0909. The number of carbonyl (C=O) groups is 1. The van der Waals surface area contributed by atoms with Crippen LogP contribution in [-0.4, -0.2) is 15.5 Å². The van der Waals surface area contributed by atoms with Gasteiger partial charge < -0.3 is 5.32 Å². The van der Waals surface area contributed by atoms with Crippen molar-refractivity contribution in [2.24, 2.45) is 0 Å². The number of aromatic nitrogens is 2. The molecule has 4 rings (SSSR count). The third-order valence-corrected chi connectivity index (χ3v) is 4.88. The van der Waals surface area contributed by atoms with Crippen LogP contribution in [0.5, 0.6) is 0 Å². The molecule has 4 nitrogen and oxygen atoms in total. The first-order chi connectivity index (χ1) is 15.9. The lowest BCUT2D eigenvalue weighted by atomic mass is 10.1. The summed E-state index contributed by atoms with van der Waals surface area (Å²) >= 11 is 0. The van der Waals surface area contributed by atoms with Crippen LogP contribution < -0.4 is 5.32 Å². The average molecular weight is 485 g/mol. The zero-order valence-electron chi connectivity index (χ0n) is 16.9. The van der Waals surface area contributed by atoms with E-state index in [-0.39, 0.29) is 22.4 Å². The molecule has 1 N–H and O–H groups in total. The molecule has 0 aliphatic heterocycles. The van der Waals surface area contributed by atoms with Gasteiger partial charge in [-0.3, -0.25) is 9.36 Å². The highest BCUT2D eigenvalue weighted by Crippen LogP contribution is 2.34. The Kier molecular flexibility index (Phi) is 5.54. The van der Waals surface area contributed by atoms with Gasteiger partial charge in [-0.05, 0) is 48.9 Å². The van der Waals surface area contributed by atoms with E-state index in [0.717, 1.165) is 28.8 Å². The Hall–Kier alpha value is -3.96. The first-order valence-corrected chi connectivity index (χ1v) is 9.39. The maximum absolute atomic E-state index is 13.8. The number of benzene rings is 3. The lowest BCUT2D eigenvalue weighted by molar-refractivity contribution is -0.145. The molecule has 0 saturated carbocycles. The number of carbonyl (C=O) groups excluding carboxylic acids is 1. The molecule has 0 atom stereocenters. The van der Waals surface area contributed by atoms with Gasteiger partial charge >= 0.3 is 6.18 Å². The Morgan fingerprint density at radius 2 is 1.41 bits per heavy atom. The Morgan fingerprint density at radius 3 is 1.97 bits per heavy atom. The van der Waals surface area contributed by atoms with E-state index in [0.29, 0.717) is 5.56 Å².